The molecule has 0 aromatic rings. The predicted octanol–water partition coefficient (Wildman–Crippen LogP) is 4.26. The fourth-order valence-corrected chi connectivity index (χ4v) is 3.93. The molecule has 4 N–H and O–H groups in total. The van der Waals surface area contributed by atoms with E-state index >= 15 is 0 Å². The van der Waals surface area contributed by atoms with Gasteiger partial charge >= 0.3 is 21.6 Å². The van der Waals surface area contributed by atoms with Crippen molar-refractivity contribution in [3.05, 3.63) is 12.2 Å². The van der Waals surface area contributed by atoms with Gasteiger partial charge in [-0.15, -0.1) is 0 Å². The third-order valence-electron chi connectivity index (χ3n) is 5.43. The Kier molecular flexibility index (Phi) is 13.9. The van der Waals surface area contributed by atoms with Gasteiger partial charge in [0.25, 0.3) is 0 Å². The highest BCUT2D eigenvalue weighted by molar-refractivity contribution is 7.46. The topological polar surface area (TPSA) is 178 Å². The van der Waals surface area contributed by atoms with Crippen molar-refractivity contribution in [1.29, 1.82) is 0 Å². The molecule has 0 fully saturated rings. The number of phosphoric acid groups is 2. The van der Waals surface area contributed by atoms with Crippen molar-refractivity contribution in [2.45, 2.75) is 104 Å². The summed E-state index contributed by atoms with van der Waals surface area (Å²) in [7, 11) is -9.80. The van der Waals surface area contributed by atoms with Crippen molar-refractivity contribution in [2.75, 3.05) is 19.8 Å². The van der Waals surface area contributed by atoms with Crippen molar-refractivity contribution in [3.63, 3.8) is 0 Å². The highest BCUT2D eigenvalue weighted by atomic mass is 31.2. The minimum atomic E-state index is -4.90. The maximum Gasteiger partial charge on any atom is 0.469 e. The van der Waals surface area contributed by atoms with E-state index < -0.39 is 57.9 Å². The highest BCUT2D eigenvalue weighted by Gasteiger charge is 2.36. The minimum Gasteiger partial charge on any atom is -0.460 e. The number of hydrogen-bond acceptors (Lipinski definition) is 8. The first-order valence-electron chi connectivity index (χ1n) is 12.0. The van der Waals surface area contributed by atoms with Crippen LogP contribution in [0.3, 0.4) is 0 Å². The second-order valence-corrected chi connectivity index (χ2v) is 13.7. The summed E-state index contributed by atoms with van der Waals surface area (Å²) in [5, 5.41) is 0. The van der Waals surface area contributed by atoms with Gasteiger partial charge in [-0.25, -0.2) is 9.13 Å². The molecule has 0 rings (SSSR count). The van der Waals surface area contributed by atoms with E-state index in [-0.39, 0.29) is 18.3 Å². The second kappa shape index (κ2) is 14.1. The number of ether oxygens (including phenoxy) is 3. The summed E-state index contributed by atoms with van der Waals surface area (Å²) in [6, 6.07) is 0. The molecule has 0 aliphatic rings. The molecule has 14 heteroatoms. The molecule has 0 spiro atoms. The average Bonchev–Trinajstić information content (AvgIpc) is 2.67. The number of hydrogen-bond donors (Lipinski definition) is 4. The molecular weight excluding hydrogens is 530 g/mol. The summed E-state index contributed by atoms with van der Waals surface area (Å²) < 4.78 is 48.6. The molecule has 0 aromatic carbocycles. The molecule has 0 saturated heterocycles. The SMILES string of the molecule is CCC(C)(C)OC(C)C=CC(C)(C)OCCC(C)(C)OC(=O)CC(C)(COP(=O)(O)O)COP(=O)(O)O. The van der Waals surface area contributed by atoms with E-state index in [0.717, 1.165) is 6.42 Å². The number of carbonyl (C=O) groups is 1. The molecular formula is C23H46O12P2. The van der Waals surface area contributed by atoms with Crippen LogP contribution in [-0.4, -0.2) is 68.3 Å². The fourth-order valence-electron chi connectivity index (χ4n) is 2.97. The summed E-state index contributed by atoms with van der Waals surface area (Å²) in [4.78, 5) is 48.5. The van der Waals surface area contributed by atoms with Gasteiger partial charge in [-0.1, -0.05) is 26.0 Å². The molecule has 220 valence electrons. The predicted molar refractivity (Wildman–Crippen MR) is 138 cm³/mol. The molecule has 37 heavy (non-hydrogen) atoms. The molecule has 0 bridgehead atoms. The monoisotopic (exact) mass is 576 g/mol. The maximum absolute atomic E-state index is 12.6. The van der Waals surface area contributed by atoms with Gasteiger partial charge in [0, 0.05) is 11.8 Å². The summed E-state index contributed by atoms with van der Waals surface area (Å²) in [6.45, 7) is 15.4. The third-order valence-corrected chi connectivity index (χ3v) is 6.36. The van der Waals surface area contributed by atoms with E-state index in [1.54, 1.807) is 13.8 Å². The van der Waals surface area contributed by atoms with Crippen LogP contribution in [0.5, 0.6) is 0 Å². The molecule has 1 atom stereocenters. The van der Waals surface area contributed by atoms with Crippen molar-refractivity contribution in [3.8, 4) is 0 Å². The van der Waals surface area contributed by atoms with Gasteiger partial charge in [-0.05, 0) is 54.9 Å². The number of esters is 1. The molecule has 0 saturated carbocycles. The standard InChI is InChI=1S/C23H46O12P2/c1-10-20(3,4)34-18(2)11-12-21(5,6)31-14-13-22(7,8)35-19(24)15-23(9,16-32-36(25,26)27)17-33-37(28,29)30/h11-12,18H,10,13-17H2,1-9H3,(H2,25,26,27)(H2,28,29,30). The molecule has 0 amide bonds. The summed E-state index contributed by atoms with van der Waals surface area (Å²) >= 11 is 0. The summed E-state index contributed by atoms with van der Waals surface area (Å²) in [6.07, 6.45) is 4.48. The Bertz CT molecular complexity index is 815. The lowest BCUT2D eigenvalue weighted by atomic mass is 9.89. The fraction of sp³-hybridized carbons (Fsp3) is 0.870. The van der Waals surface area contributed by atoms with E-state index in [9.17, 15) is 13.9 Å². The van der Waals surface area contributed by atoms with Crippen LogP contribution in [0.2, 0.25) is 0 Å². The quantitative estimate of drug-likeness (QED) is 0.104. The number of rotatable bonds is 18. The lowest BCUT2D eigenvalue weighted by molar-refractivity contribution is -0.162. The van der Waals surface area contributed by atoms with Crippen molar-refractivity contribution < 1.29 is 56.8 Å². The largest absolute Gasteiger partial charge is 0.469 e. The van der Waals surface area contributed by atoms with Gasteiger partial charge in [0.15, 0.2) is 0 Å². The van der Waals surface area contributed by atoms with Gasteiger partial charge in [0.05, 0.1) is 43.5 Å². The Morgan fingerprint density at radius 3 is 1.81 bits per heavy atom. The summed E-state index contributed by atoms with van der Waals surface area (Å²) in [5.41, 5.74) is -3.29. The summed E-state index contributed by atoms with van der Waals surface area (Å²) in [5.74, 6) is -0.764. The Labute approximate surface area is 220 Å². The van der Waals surface area contributed by atoms with Crippen LogP contribution in [0.15, 0.2) is 12.2 Å². The lowest BCUT2D eigenvalue weighted by Gasteiger charge is -2.32. The smallest absolute Gasteiger partial charge is 0.460 e. The van der Waals surface area contributed by atoms with E-state index in [0.29, 0.717) is 6.42 Å². The zero-order chi connectivity index (χ0) is 29.3. The van der Waals surface area contributed by atoms with Crippen LogP contribution >= 0.6 is 15.6 Å². The van der Waals surface area contributed by atoms with Crippen LogP contribution in [0.4, 0.5) is 0 Å². The average molecular weight is 577 g/mol. The van der Waals surface area contributed by atoms with Crippen LogP contribution < -0.4 is 0 Å². The van der Waals surface area contributed by atoms with E-state index in [2.05, 4.69) is 16.0 Å². The Hall–Kier alpha value is -0.650. The van der Waals surface area contributed by atoms with Crippen molar-refractivity contribution in [1.82, 2.24) is 0 Å². The molecule has 0 aromatic heterocycles. The lowest BCUT2D eigenvalue weighted by Crippen LogP contribution is -2.36. The first-order valence-corrected chi connectivity index (χ1v) is 15.1. The van der Waals surface area contributed by atoms with Crippen molar-refractivity contribution in [2.24, 2.45) is 5.41 Å². The van der Waals surface area contributed by atoms with Crippen LogP contribution in [-0.2, 0) is 37.2 Å². The zero-order valence-corrected chi connectivity index (χ0v) is 25.2. The van der Waals surface area contributed by atoms with Gasteiger partial charge in [-0.3, -0.25) is 13.8 Å². The first kappa shape index (κ1) is 36.4. The van der Waals surface area contributed by atoms with Crippen molar-refractivity contribution >= 4 is 21.6 Å². The molecule has 0 heterocycles. The number of phosphoric ester groups is 2. The number of carbonyl (C=O) groups excluding carboxylic acids is 1. The third kappa shape index (κ3) is 19.1. The Morgan fingerprint density at radius 2 is 1.38 bits per heavy atom. The maximum atomic E-state index is 12.6. The molecule has 1 unspecified atom stereocenters. The molecule has 0 aliphatic heterocycles. The molecule has 0 aliphatic carbocycles. The van der Waals surface area contributed by atoms with Gasteiger partial charge < -0.3 is 33.8 Å². The molecule has 12 nitrogen and oxygen atoms in total. The normalized spacial score (nSPS) is 15.3. The van der Waals surface area contributed by atoms with Crippen LogP contribution in [0.25, 0.3) is 0 Å². The van der Waals surface area contributed by atoms with E-state index in [4.69, 9.17) is 33.8 Å². The van der Waals surface area contributed by atoms with Crippen LogP contribution in [0.1, 0.15) is 81.6 Å². The van der Waals surface area contributed by atoms with Gasteiger partial charge in [-0.2, -0.15) is 0 Å². The second-order valence-electron chi connectivity index (χ2n) is 11.2. The van der Waals surface area contributed by atoms with E-state index in [1.165, 1.54) is 6.92 Å². The zero-order valence-electron chi connectivity index (χ0n) is 23.4. The minimum absolute atomic E-state index is 0.103. The first-order chi connectivity index (χ1) is 16.4. The van der Waals surface area contributed by atoms with E-state index in [1.807, 2.05) is 46.8 Å². The Morgan fingerprint density at radius 1 is 0.892 bits per heavy atom. The Balaban J connectivity index is 4.99. The molecule has 0 radical (unpaired) electrons. The highest BCUT2D eigenvalue weighted by Crippen LogP contribution is 2.42. The van der Waals surface area contributed by atoms with Gasteiger partial charge in [0.2, 0.25) is 0 Å². The van der Waals surface area contributed by atoms with Gasteiger partial charge in [0.1, 0.15) is 5.60 Å². The van der Waals surface area contributed by atoms with Crippen LogP contribution in [0, 0.1) is 5.41 Å².